The van der Waals surface area contributed by atoms with E-state index in [4.69, 9.17) is 9.47 Å². The molecule has 0 radical (unpaired) electrons. The Balaban J connectivity index is 1.82. The van der Waals surface area contributed by atoms with Crippen molar-refractivity contribution in [1.82, 2.24) is 0 Å². The van der Waals surface area contributed by atoms with Crippen LogP contribution in [0.4, 0.5) is 5.69 Å². The number of rotatable bonds is 7. The van der Waals surface area contributed by atoms with Crippen LogP contribution in [0.25, 0.3) is 0 Å². The number of methoxy groups -OCH3 is 1. The summed E-state index contributed by atoms with van der Waals surface area (Å²) in [5.41, 5.74) is 2.17. The fourth-order valence-corrected chi connectivity index (χ4v) is 1.98. The Hall–Kier alpha value is -2.20. The summed E-state index contributed by atoms with van der Waals surface area (Å²) in [4.78, 5) is 0. The molecule has 0 fully saturated rings. The quantitative estimate of drug-likeness (QED) is 0.822. The van der Waals surface area contributed by atoms with Crippen LogP contribution in [0.5, 0.6) is 11.5 Å². The zero-order chi connectivity index (χ0) is 15.1. The van der Waals surface area contributed by atoms with Gasteiger partial charge >= 0.3 is 0 Å². The van der Waals surface area contributed by atoms with Crippen molar-refractivity contribution >= 4 is 5.69 Å². The van der Waals surface area contributed by atoms with E-state index in [9.17, 15) is 5.11 Å². The summed E-state index contributed by atoms with van der Waals surface area (Å²) in [5, 5.41) is 13.2. The smallest absolute Gasteiger partial charge is 0.161 e. The molecule has 0 spiro atoms. The van der Waals surface area contributed by atoms with E-state index in [1.165, 1.54) is 0 Å². The van der Waals surface area contributed by atoms with Crippen LogP contribution in [0.15, 0.2) is 48.5 Å². The predicted molar refractivity (Wildman–Crippen MR) is 84.2 cm³/mol. The van der Waals surface area contributed by atoms with Gasteiger partial charge in [-0.25, -0.2) is 0 Å². The van der Waals surface area contributed by atoms with Gasteiger partial charge in [0.25, 0.3) is 0 Å². The van der Waals surface area contributed by atoms with Gasteiger partial charge in [0, 0.05) is 12.2 Å². The first-order valence-corrected chi connectivity index (χ1v) is 6.94. The number of hydrogen-bond acceptors (Lipinski definition) is 4. The number of nitrogens with one attached hydrogen (secondary N) is 1. The van der Waals surface area contributed by atoms with Crippen LogP contribution in [-0.2, 0) is 0 Å². The minimum absolute atomic E-state index is 0.208. The first-order chi connectivity index (χ1) is 10.2. The molecule has 0 aliphatic carbocycles. The molecule has 0 saturated carbocycles. The van der Waals surface area contributed by atoms with Crippen LogP contribution in [0.1, 0.15) is 5.56 Å². The Morgan fingerprint density at radius 3 is 2.43 bits per heavy atom. The summed E-state index contributed by atoms with van der Waals surface area (Å²) in [7, 11) is 1.60. The molecular formula is C17H21NO3. The van der Waals surface area contributed by atoms with Gasteiger partial charge in [-0.05, 0) is 30.7 Å². The van der Waals surface area contributed by atoms with Crippen LogP contribution in [0.3, 0.4) is 0 Å². The maximum atomic E-state index is 10.00. The van der Waals surface area contributed by atoms with E-state index < -0.39 is 6.10 Å². The fourth-order valence-electron chi connectivity index (χ4n) is 1.98. The van der Waals surface area contributed by atoms with Crippen molar-refractivity contribution in [3.05, 3.63) is 54.1 Å². The summed E-state index contributed by atoms with van der Waals surface area (Å²) < 4.78 is 10.8. The third kappa shape index (κ3) is 4.39. The molecule has 4 heteroatoms. The van der Waals surface area contributed by atoms with Gasteiger partial charge in [-0.3, -0.25) is 0 Å². The highest BCUT2D eigenvalue weighted by molar-refractivity contribution is 5.50. The van der Waals surface area contributed by atoms with E-state index in [-0.39, 0.29) is 6.61 Å². The minimum Gasteiger partial charge on any atom is -0.493 e. The van der Waals surface area contributed by atoms with Gasteiger partial charge in [0.05, 0.1) is 7.11 Å². The van der Waals surface area contributed by atoms with Gasteiger partial charge in [0.15, 0.2) is 11.5 Å². The Morgan fingerprint density at radius 2 is 1.71 bits per heavy atom. The van der Waals surface area contributed by atoms with E-state index in [1.807, 2.05) is 55.5 Å². The Bertz CT molecular complexity index is 571. The lowest BCUT2D eigenvalue weighted by Gasteiger charge is -2.16. The van der Waals surface area contributed by atoms with E-state index in [0.29, 0.717) is 18.0 Å². The lowest BCUT2D eigenvalue weighted by Crippen LogP contribution is -2.26. The summed E-state index contributed by atoms with van der Waals surface area (Å²) >= 11 is 0. The highest BCUT2D eigenvalue weighted by atomic mass is 16.5. The maximum absolute atomic E-state index is 10.00. The van der Waals surface area contributed by atoms with Crippen molar-refractivity contribution in [2.24, 2.45) is 0 Å². The number of benzene rings is 2. The topological polar surface area (TPSA) is 50.7 Å². The molecule has 2 aromatic carbocycles. The van der Waals surface area contributed by atoms with E-state index in [0.717, 1.165) is 11.3 Å². The summed E-state index contributed by atoms with van der Waals surface area (Å²) in [6.07, 6.45) is -0.602. The number of aryl methyl sites for hydroxylation is 1. The van der Waals surface area contributed by atoms with Crippen molar-refractivity contribution in [3.8, 4) is 11.5 Å². The SMILES string of the molecule is COc1ccccc1OCC(O)CNc1ccccc1C. The second-order valence-electron chi connectivity index (χ2n) is 4.81. The van der Waals surface area contributed by atoms with Gasteiger partial charge in [0.2, 0.25) is 0 Å². The maximum Gasteiger partial charge on any atom is 0.161 e. The summed E-state index contributed by atoms with van der Waals surface area (Å²) in [6, 6.07) is 15.4. The zero-order valence-corrected chi connectivity index (χ0v) is 12.4. The van der Waals surface area contributed by atoms with E-state index >= 15 is 0 Å². The van der Waals surface area contributed by atoms with Gasteiger partial charge in [-0.1, -0.05) is 30.3 Å². The number of para-hydroxylation sites is 3. The highest BCUT2D eigenvalue weighted by Crippen LogP contribution is 2.25. The standard InChI is InChI=1S/C17H21NO3/c1-13-7-3-4-8-15(13)18-11-14(19)12-21-17-10-6-5-9-16(17)20-2/h3-10,14,18-19H,11-12H2,1-2H3. The average Bonchev–Trinajstić information content (AvgIpc) is 2.52. The zero-order valence-electron chi connectivity index (χ0n) is 12.4. The molecule has 0 aliphatic rings. The van der Waals surface area contributed by atoms with Crippen LogP contribution in [-0.4, -0.2) is 31.5 Å². The average molecular weight is 287 g/mol. The van der Waals surface area contributed by atoms with Crippen molar-refractivity contribution in [2.45, 2.75) is 13.0 Å². The van der Waals surface area contributed by atoms with Crippen LogP contribution >= 0.6 is 0 Å². The highest BCUT2D eigenvalue weighted by Gasteiger charge is 2.08. The van der Waals surface area contributed by atoms with Crippen LogP contribution < -0.4 is 14.8 Å². The van der Waals surface area contributed by atoms with Crippen LogP contribution in [0.2, 0.25) is 0 Å². The van der Waals surface area contributed by atoms with Gasteiger partial charge in [-0.2, -0.15) is 0 Å². The number of hydrogen-bond donors (Lipinski definition) is 2. The minimum atomic E-state index is -0.602. The van der Waals surface area contributed by atoms with E-state index in [1.54, 1.807) is 7.11 Å². The fraction of sp³-hybridized carbons (Fsp3) is 0.294. The Morgan fingerprint density at radius 1 is 1.05 bits per heavy atom. The largest absolute Gasteiger partial charge is 0.493 e. The molecule has 0 aromatic heterocycles. The first kappa shape index (κ1) is 15.2. The van der Waals surface area contributed by atoms with Gasteiger partial charge < -0.3 is 19.9 Å². The molecule has 0 saturated heterocycles. The number of anilines is 1. The number of aliphatic hydroxyl groups is 1. The molecule has 4 nitrogen and oxygen atoms in total. The Labute approximate surface area is 125 Å². The third-order valence-electron chi connectivity index (χ3n) is 3.17. The second kappa shape index (κ2) is 7.55. The van der Waals surface area contributed by atoms with Crippen molar-refractivity contribution in [3.63, 3.8) is 0 Å². The van der Waals surface area contributed by atoms with Crippen molar-refractivity contribution in [1.29, 1.82) is 0 Å². The molecule has 21 heavy (non-hydrogen) atoms. The third-order valence-corrected chi connectivity index (χ3v) is 3.17. The molecule has 0 aliphatic heterocycles. The summed E-state index contributed by atoms with van der Waals surface area (Å²) in [5.74, 6) is 1.30. The molecule has 1 atom stereocenters. The molecular weight excluding hydrogens is 266 g/mol. The van der Waals surface area contributed by atoms with Gasteiger partial charge in [-0.15, -0.1) is 0 Å². The first-order valence-electron chi connectivity index (χ1n) is 6.94. The lowest BCUT2D eigenvalue weighted by molar-refractivity contribution is 0.115. The lowest BCUT2D eigenvalue weighted by atomic mass is 10.2. The molecule has 2 N–H and O–H groups in total. The van der Waals surface area contributed by atoms with Crippen molar-refractivity contribution < 1.29 is 14.6 Å². The van der Waals surface area contributed by atoms with Crippen molar-refractivity contribution in [2.75, 3.05) is 25.6 Å². The summed E-state index contributed by atoms with van der Waals surface area (Å²) in [6.45, 7) is 2.67. The van der Waals surface area contributed by atoms with E-state index in [2.05, 4.69) is 5.32 Å². The molecule has 2 rings (SSSR count). The Kier molecular flexibility index (Phi) is 5.46. The monoisotopic (exact) mass is 287 g/mol. The van der Waals surface area contributed by atoms with Gasteiger partial charge in [0.1, 0.15) is 12.7 Å². The molecule has 112 valence electrons. The predicted octanol–water partition coefficient (Wildman–Crippen LogP) is 2.86. The molecule has 0 heterocycles. The van der Waals surface area contributed by atoms with Crippen LogP contribution in [0, 0.1) is 6.92 Å². The molecule has 0 amide bonds. The molecule has 1 unspecified atom stereocenters. The molecule has 2 aromatic rings. The number of ether oxygens (including phenoxy) is 2. The normalized spacial score (nSPS) is 11.8. The molecule has 0 bridgehead atoms. The number of aliphatic hydroxyl groups excluding tert-OH is 1. The second-order valence-corrected chi connectivity index (χ2v) is 4.81.